The van der Waals surface area contributed by atoms with E-state index in [1.54, 1.807) is 0 Å². The number of carboxylic acid groups (broad SMARTS) is 1. The van der Waals surface area contributed by atoms with Crippen molar-refractivity contribution in [3.63, 3.8) is 0 Å². The van der Waals surface area contributed by atoms with Gasteiger partial charge in [-0.1, -0.05) is 0 Å². The lowest BCUT2D eigenvalue weighted by Gasteiger charge is -2.19. The van der Waals surface area contributed by atoms with Crippen molar-refractivity contribution in [3.05, 3.63) is 0 Å². The molecule has 0 rings (SSSR count). The molecule has 3 atom stereocenters. The summed E-state index contributed by atoms with van der Waals surface area (Å²) in [6.45, 7) is 1.27. The highest BCUT2D eigenvalue weighted by Gasteiger charge is 2.30. The van der Waals surface area contributed by atoms with Crippen LogP contribution in [0.1, 0.15) is 13.3 Å². The van der Waals surface area contributed by atoms with Crippen molar-refractivity contribution in [2.24, 2.45) is 5.73 Å². The Morgan fingerprint density at radius 2 is 2.27 bits per heavy atom. The fourth-order valence-electron chi connectivity index (χ4n) is 0.570. The number of carbonyl (C=O) groups is 1. The summed E-state index contributed by atoms with van der Waals surface area (Å²) in [5.41, 5.74) is 3.76. The van der Waals surface area contributed by atoms with Gasteiger partial charge in [-0.3, -0.25) is 4.79 Å². The summed E-state index contributed by atoms with van der Waals surface area (Å²) >= 11 is 0. The SMILES string of the molecule is CC(N)(CC(O)[PH2]=O)C(=O)O. The van der Waals surface area contributed by atoms with Crippen LogP contribution in [0.3, 0.4) is 0 Å². The van der Waals surface area contributed by atoms with Crippen LogP contribution in [-0.2, 0) is 9.36 Å². The normalized spacial score (nSPS) is 19.9. The van der Waals surface area contributed by atoms with Crippen LogP contribution in [0.2, 0.25) is 0 Å². The second kappa shape index (κ2) is 3.85. The number of rotatable bonds is 4. The third-order valence-electron chi connectivity index (χ3n) is 1.28. The largest absolute Gasteiger partial charge is 0.480 e. The molecule has 0 saturated heterocycles. The number of hydrogen-bond acceptors (Lipinski definition) is 4. The first-order valence-electron chi connectivity index (χ1n) is 3.06. The van der Waals surface area contributed by atoms with Gasteiger partial charge in [0.1, 0.15) is 11.4 Å². The Hall–Kier alpha value is -0.380. The monoisotopic (exact) mass is 181 g/mol. The first-order chi connectivity index (χ1) is 4.90. The van der Waals surface area contributed by atoms with Crippen molar-refractivity contribution in [2.75, 3.05) is 0 Å². The minimum Gasteiger partial charge on any atom is -0.480 e. The molecular formula is C5H12NO4P. The zero-order chi connectivity index (χ0) is 9.07. The lowest BCUT2D eigenvalue weighted by Crippen LogP contribution is -2.46. The highest BCUT2D eigenvalue weighted by atomic mass is 31.1. The van der Waals surface area contributed by atoms with Crippen LogP contribution >= 0.6 is 8.46 Å². The molecule has 0 aliphatic carbocycles. The summed E-state index contributed by atoms with van der Waals surface area (Å²) in [7, 11) is -1.38. The van der Waals surface area contributed by atoms with Crippen LogP contribution in [-0.4, -0.2) is 27.6 Å². The quantitative estimate of drug-likeness (QED) is 0.495. The fourth-order valence-corrected chi connectivity index (χ4v) is 1.16. The van der Waals surface area contributed by atoms with Crippen molar-refractivity contribution in [1.29, 1.82) is 0 Å². The summed E-state index contributed by atoms with van der Waals surface area (Å²) in [4.78, 5) is 10.3. The van der Waals surface area contributed by atoms with Crippen LogP contribution in [0.15, 0.2) is 0 Å². The fraction of sp³-hybridized carbons (Fsp3) is 0.800. The molecule has 5 nitrogen and oxygen atoms in total. The predicted octanol–water partition coefficient (Wildman–Crippen LogP) is -0.747. The highest BCUT2D eigenvalue weighted by Crippen LogP contribution is 2.16. The molecule has 4 N–H and O–H groups in total. The van der Waals surface area contributed by atoms with E-state index in [9.17, 15) is 9.36 Å². The van der Waals surface area contributed by atoms with Gasteiger partial charge in [-0.2, -0.15) is 0 Å². The minimum atomic E-state index is -1.49. The Balaban J connectivity index is 4.11. The van der Waals surface area contributed by atoms with Crippen LogP contribution in [0, 0.1) is 0 Å². The third kappa shape index (κ3) is 3.51. The van der Waals surface area contributed by atoms with E-state index in [1.165, 1.54) is 6.92 Å². The topological polar surface area (TPSA) is 101 Å². The van der Waals surface area contributed by atoms with Crippen molar-refractivity contribution in [1.82, 2.24) is 0 Å². The van der Waals surface area contributed by atoms with Crippen molar-refractivity contribution in [2.45, 2.75) is 24.7 Å². The van der Waals surface area contributed by atoms with Crippen LogP contribution in [0.25, 0.3) is 0 Å². The molecule has 0 amide bonds. The maximum absolute atomic E-state index is 10.3. The molecular weight excluding hydrogens is 169 g/mol. The molecule has 66 valence electrons. The van der Waals surface area contributed by atoms with Gasteiger partial charge in [0, 0.05) is 6.42 Å². The van der Waals surface area contributed by atoms with E-state index in [4.69, 9.17) is 15.9 Å². The molecule has 0 spiro atoms. The smallest absolute Gasteiger partial charge is 0.323 e. The summed E-state index contributed by atoms with van der Waals surface area (Å²) in [5.74, 6) is -2.30. The summed E-state index contributed by atoms with van der Waals surface area (Å²) in [6.07, 6.45) is -0.179. The first-order valence-corrected chi connectivity index (χ1v) is 4.19. The van der Waals surface area contributed by atoms with Gasteiger partial charge < -0.3 is 20.5 Å². The zero-order valence-electron chi connectivity index (χ0n) is 6.15. The Bertz CT molecular complexity index is 170. The zero-order valence-corrected chi connectivity index (χ0v) is 7.30. The molecule has 0 fully saturated rings. The molecule has 0 aliphatic rings. The van der Waals surface area contributed by atoms with Crippen molar-refractivity contribution < 1.29 is 19.6 Å². The third-order valence-corrected chi connectivity index (χ3v) is 1.83. The molecule has 0 heterocycles. The van der Waals surface area contributed by atoms with Crippen LogP contribution in [0.4, 0.5) is 0 Å². The van der Waals surface area contributed by atoms with E-state index in [0.717, 1.165) is 0 Å². The summed E-state index contributed by atoms with van der Waals surface area (Å²) < 4.78 is 10.1. The van der Waals surface area contributed by atoms with E-state index in [1.807, 2.05) is 0 Å². The Labute approximate surface area is 65.4 Å². The second-order valence-electron chi connectivity index (χ2n) is 2.63. The molecule has 0 radical (unpaired) electrons. The van der Waals surface area contributed by atoms with Gasteiger partial charge >= 0.3 is 5.97 Å². The molecule has 0 aliphatic heterocycles. The van der Waals surface area contributed by atoms with Gasteiger partial charge in [0.15, 0.2) is 0 Å². The lowest BCUT2D eigenvalue weighted by molar-refractivity contribution is -0.143. The molecule has 0 aromatic carbocycles. The average Bonchev–Trinajstić information content (AvgIpc) is 1.86. The van der Waals surface area contributed by atoms with Crippen LogP contribution in [0.5, 0.6) is 0 Å². The van der Waals surface area contributed by atoms with Crippen LogP contribution < -0.4 is 5.73 Å². The summed E-state index contributed by atoms with van der Waals surface area (Å²) in [5, 5.41) is 17.3. The Morgan fingerprint density at radius 3 is 2.55 bits per heavy atom. The molecule has 6 heteroatoms. The highest BCUT2D eigenvalue weighted by molar-refractivity contribution is 7.24. The van der Waals surface area contributed by atoms with Gasteiger partial charge in [-0.25, -0.2) is 0 Å². The molecule has 3 unspecified atom stereocenters. The second-order valence-corrected chi connectivity index (χ2v) is 3.67. The van der Waals surface area contributed by atoms with Crippen molar-refractivity contribution >= 4 is 14.4 Å². The Kier molecular flexibility index (Phi) is 3.72. The predicted molar refractivity (Wildman–Crippen MR) is 41.2 cm³/mol. The van der Waals surface area contributed by atoms with Gasteiger partial charge in [0.2, 0.25) is 0 Å². The van der Waals surface area contributed by atoms with E-state index in [-0.39, 0.29) is 6.42 Å². The standard InChI is InChI=1S/C5H12NO4P/c1-5(6,4(8)9)2-3(7)11-10/h3,7H,2,6,11H2,1H3,(H,8,9). The van der Waals surface area contributed by atoms with Gasteiger partial charge in [0.05, 0.1) is 8.46 Å². The summed E-state index contributed by atoms with van der Waals surface area (Å²) in [6, 6.07) is 0. The number of aliphatic hydroxyl groups excluding tert-OH is 1. The first kappa shape index (κ1) is 10.6. The Morgan fingerprint density at radius 1 is 1.82 bits per heavy atom. The number of aliphatic carboxylic acids is 1. The van der Waals surface area contributed by atoms with E-state index < -0.39 is 25.8 Å². The number of hydrogen-bond donors (Lipinski definition) is 3. The van der Waals surface area contributed by atoms with Crippen molar-refractivity contribution in [3.8, 4) is 0 Å². The minimum absolute atomic E-state index is 0.179. The number of carboxylic acids is 1. The average molecular weight is 181 g/mol. The van der Waals surface area contributed by atoms with Gasteiger partial charge in [0.25, 0.3) is 0 Å². The maximum Gasteiger partial charge on any atom is 0.323 e. The molecule has 0 aromatic rings. The van der Waals surface area contributed by atoms with E-state index in [0.29, 0.717) is 0 Å². The van der Waals surface area contributed by atoms with E-state index >= 15 is 0 Å². The van der Waals surface area contributed by atoms with Gasteiger partial charge in [-0.05, 0) is 6.92 Å². The molecule has 11 heavy (non-hydrogen) atoms. The van der Waals surface area contributed by atoms with E-state index in [2.05, 4.69) is 0 Å². The number of aliphatic hydroxyl groups is 1. The lowest BCUT2D eigenvalue weighted by atomic mass is 10.0. The van der Waals surface area contributed by atoms with Gasteiger partial charge in [-0.15, -0.1) is 0 Å². The molecule has 0 saturated carbocycles. The molecule has 0 aromatic heterocycles. The maximum atomic E-state index is 10.3. The molecule has 0 bridgehead atoms. The number of nitrogens with two attached hydrogens (primary N) is 1.